The first-order valence-electron chi connectivity index (χ1n) is 10.2. The van der Waals surface area contributed by atoms with Gasteiger partial charge in [-0.25, -0.2) is 17.2 Å². The van der Waals surface area contributed by atoms with Crippen LogP contribution in [0.4, 0.5) is 22.0 Å². The van der Waals surface area contributed by atoms with Crippen LogP contribution in [-0.2, 0) is 20.8 Å². The van der Waals surface area contributed by atoms with Crippen LogP contribution in [0.5, 0.6) is 5.75 Å². The minimum absolute atomic E-state index is 0.00423. The van der Waals surface area contributed by atoms with Crippen molar-refractivity contribution in [2.75, 3.05) is 6.61 Å². The number of hydrogen-bond donors (Lipinski definition) is 1. The molecule has 174 valence electrons. The number of aliphatic hydroxyl groups is 1. The molecule has 0 radical (unpaired) electrons. The highest BCUT2D eigenvalue weighted by Crippen LogP contribution is 2.58. The molecule has 4 nitrogen and oxygen atoms in total. The van der Waals surface area contributed by atoms with Gasteiger partial charge in [0.2, 0.25) is 0 Å². The van der Waals surface area contributed by atoms with Crippen molar-refractivity contribution in [2.24, 2.45) is 11.8 Å². The van der Waals surface area contributed by atoms with E-state index < -0.39 is 72.1 Å². The largest absolute Gasteiger partial charge is 0.490 e. The SMILES string of the molecule is CC[C@@H]1[C@H](O)CC[C@@]2(S(=O)(=O)c3ccc(C(F)(F)F)cc3)c3c(F)ccc(F)c3OC[C@@H]12. The van der Waals surface area contributed by atoms with Gasteiger partial charge >= 0.3 is 6.18 Å². The lowest BCUT2D eigenvalue weighted by atomic mass is 9.65. The van der Waals surface area contributed by atoms with E-state index in [1.807, 2.05) is 0 Å². The van der Waals surface area contributed by atoms with Crippen LogP contribution in [0.1, 0.15) is 37.3 Å². The number of sulfone groups is 1. The van der Waals surface area contributed by atoms with E-state index in [1.165, 1.54) is 0 Å². The first-order valence-corrected chi connectivity index (χ1v) is 11.6. The Hall–Kier alpha value is -2.20. The summed E-state index contributed by atoms with van der Waals surface area (Å²) in [6, 6.07) is 4.62. The van der Waals surface area contributed by atoms with Crippen molar-refractivity contribution in [3.63, 3.8) is 0 Å². The van der Waals surface area contributed by atoms with Gasteiger partial charge in [-0.05, 0) is 55.2 Å². The average Bonchev–Trinajstić information content (AvgIpc) is 2.75. The van der Waals surface area contributed by atoms with E-state index in [0.717, 1.165) is 24.3 Å². The lowest BCUT2D eigenvalue weighted by molar-refractivity contribution is -0.137. The summed E-state index contributed by atoms with van der Waals surface area (Å²) in [5.74, 6) is -3.94. The Morgan fingerprint density at radius 1 is 1.09 bits per heavy atom. The van der Waals surface area contributed by atoms with Crippen molar-refractivity contribution in [2.45, 2.75) is 48.1 Å². The molecule has 1 N–H and O–H groups in total. The zero-order valence-electron chi connectivity index (χ0n) is 17.0. The first-order chi connectivity index (χ1) is 14.9. The average molecular weight is 476 g/mol. The van der Waals surface area contributed by atoms with E-state index in [9.17, 15) is 31.1 Å². The summed E-state index contributed by atoms with van der Waals surface area (Å²) in [5, 5.41) is 10.5. The Morgan fingerprint density at radius 2 is 1.72 bits per heavy atom. The molecule has 1 aliphatic carbocycles. The fourth-order valence-electron chi connectivity index (χ4n) is 5.24. The van der Waals surface area contributed by atoms with Crippen molar-refractivity contribution in [1.82, 2.24) is 0 Å². The van der Waals surface area contributed by atoms with Gasteiger partial charge in [0.05, 0.1) is 28.7 Å². The van der Waals surface area contributed by atoms with Gasteiger partial charge in [0.1, 0.15) is 10.6 Å². The van der Waals surface area contributed by atoms with Gasteiger partial charge in [0, 0.05) is 5.92 Å². The molecule has 1 aliphatic heterocycles. The van der Waals surface area contributed by atoms with Gasteiger partial charge in [0.25, 0.3) is 0 Å². The van der Waals surface area contributed by atoms with Crippen LogP contribution in [0.2, 0.25) is 0 Å². The molecular formula is C22H21F5O4S. The van der Waals surface area contributed by atoms with E-state index in [1.54, 1.807) is 6.92 Å². The molecule has 4 atom stereocenters. The summed E-state index contributed by atoms with van der Waals surface area (Å²) in [4.78, 5) is -0.432. The topological polar surface area (TPSA) is 63.6 Å². The van der Waals surface area contributed by atoms with Gasteiger partial charge in [-0.1, -0.05) is 13.3 Å². The summed E-state index contributed by atoms with van der Waals surface area (Å²) < 4.78 is 100. The molecule has 1 saturated carbocycles. The monoisotopic (exact) mass is 476 g/mol. The molecular weight excluding hydrogens is 455 g/mol. The second kappa shape index (κ2) is 7.69. The maximum atomic E-state index is 15.1. The van der Waals surface area contributed by atoms with Crippen molar-refractivity contribution >= 4 is 9.84 Å². The molecule has 32 heavy (non-hydrogen) atoms. The van der Waals surface area contributed by atoms with Crippen molar-refractivity contribution in [1.29, 1.82) is 0 Å². The predicted molar refractivity (Wildman–Crippen MR) is 105 cm³/mol. The molecule has 0 bridgehead atoms. The second-order valence-electron chi connectivity index (χ2n) is 8.24. The molecule has 4 rings (SSSR count). The number of halogens is 5. The molecule has 10 heteroatoms. The Kier molecular flexibility index (Phi) is 5.52. The molecule has 0 saturated heterocycles. The van der Waals surface area contributed by atoms with Crippen molar-refractivity contribution in [3.05, 3.63) is 59.2 Å². The summed E-state index contributed by atoms with van der Waals surface area (Å²) in [5.41, 5.74) is -1.49. The van der Waals surface area contributed by atoms with E-state index >= 15 is 4.39 Å². The quantitative estimate of drug-likeness (QED) is 0.644. The molecule has 0 amide bonds. The molecule has 0 spiro atoms. The van der Waals surface area contributed by atoms with Crippen LogP contribution < -0.4 is 4.74 Å². The molecule has 2 aromatic carbocycles. The molecule has 1 heterocycles. The second-order valence-corrected chi connectivity index (χ2v) is 10.5. The number of rotatable bonds is 3. The lowest BCUT2D eigenvalue weighted by Crippen LogP contribution is -2.57. The summed E-state index contributed by atoms with van der Waals surface area (Å²) in [7, 11) is -4.53. The highest BCUT2D eigenvalue weighted by molar-refractivity contribution is 7.92. The molecule has 0 unspecified atom stereocenters. The third-order valence-corrected chi connectivity index (χ3v) is 9.32. The van der Waals surface area contributed by atoms with Gasteiger partial charge < -0.3 is 9.84 Å². The van der Waals surface area contributed by atoms with Crippen LogP contribution >= 0.6 is 0 Å². The minimum Gasteiger partial charge on any atom is -0.490 e. The Labute approximate surface area is 181 Å². The lowest BCUT2D eigenvalue weighted by Gasteiger charge is -2.51. The van der Waals surface area contributed by atoms with Gasteiger partial charge in [-0.2, -0.15) is 13.2 Å². The highest BCUT2D eigenvalue weighted by atomic mass is 32.2. The number of fused-ring (bicyclic) bond motifs is 3. The summed E-state index contributed by atoms with van der Waals surface area (Å²) in [6.45, 7) is 1.47. The Bertz CT molecular complexity index is 1130. The zero-order chi connectivity index (χ0) is 23.5. The maximum Gasteiger partial charge on any atom is 0.416 e. The molecule has 0 aromatic heterocycles. The molecule has 1 fully saturated rings. The maximum absolute atomic E-state index is 15.1. The van der Waals surface area contributed by atoms with Crippen molar-refractivity contribution < 1.29 is 40.2 Å². The Morgan fingerprint density at radius 3 is 2.31 bits per heavy atom. The normalized spacial score (nSPS) is 27.9. The third kappa shape index (κ3) is 3.22. The first kappa shape index (κ1) is 23.0. The number of alkyl halides is 3. The molecule has 2 aliphatic rings. The highest BCUT2D eigenvalue weighted by Gasteiger charge is 2.62. The van der Waals surface area contributed by atoms with Crippen LogP contribution in [0.25, 0.3) is 0 Å². The summed E-state index contributed by atoms with van der Waals surface area (Å²) in [6.07, 6.45) is -5.40. The van der Waals surface area contributed by atoms with Gasteiger partial charge in [-0.15, -0.1) is 0 Å². The minimum atomic E-state index is -4.66. The fourth-order valence-corrected chi connectivity index (χ4v) is 7.65. The summed E-state index contributed by atoms with van der Waals surface area (Å²) >= 11 is 0. The fraction of sp³-hybridized carbons (Fsp3) is 0.455. The number of benzene rings is 2. The van der Waals surface area contributed by atoms with E-state index in [2.05, 4.69) is 0 Å². The zero-order valence-corrected chi connectivity index (χ0v) is 17.8. The van der Waals surface area contributed by atoms with Crippen LogP contribution in [0.15, 0.2) is 41.3 Å². The van der Waals surface area contributed by atoms with Gasteiger partial charge in [0.15, 0.2) is 21.4 Å². The Balaban J connectivity index is 1.98. The van der Waals surface area contributed by atoms with E-state index in [4.69, 9.17) is 4.74 Å². The van der Waals surface area contributed by atoms with Crippen LogP contribution in [0, 0.1) is 23.5 Å². The third-order valence-electron chi connectivity index (χ3n) is 6.75. The number of hydrogen-bond acceptors (Lipinski definition) is 4. The smallest absolute Gasteiger partial charge is 0.416 e. The van der Waals surface area contributed by atoms with Crippen LogP contribution in [-0.4, -0.2) is 26.2 Å². The predicted octanol–water partition coefficient (Wildman–Crippen LogP) is 4.84. The van der Waals surface area contributed by atoms with Crippen LogP contribution in [0.3, 0.4) is 0 Å². The molecule has 2 aromatic rings. The van der Waals surface area contributed by atoms with E-state index in [-0.39, 0.29) is 19.4 Å². The number of aliphatic hydroxyl groups excluding tert-OH is 1. The number of ether oxygens (including phenoxy) is 1. The van der Waals surface area contributed by atoms with Crippen molar-refractivity contribution in [3.8, 4) is 5.75 Å². The van der Waals surface area contributed by atoms with E-state index in [0.29, 0.717) is 18.6 Å². The van der Waals surface area contributed by atoms with Gasteiger partial charge in [-0.3, -0.25) is 0 Å². The standard InChI is InChI=1S/C22H21F5O4S/c1-2-14-15-11-31-20-17(24)8-7-16(23)19(20)21(15,10-9-18(14)28)32(29,30)13-5-3-12(4-6-13)22(25,26)27/h3-8,14-15,18,28H,2,9-11H2,1H3/t14-,15-,18+,21-/m0/s1.